The lowest BCUT2D eigenvalue weighted by molar-refractivity contribution is 0.383. The van der Waals surface area contributed by atoms with Crippen LogP contribution in [0.25, 0.3) is 0 Å². The third kappa shape index (κ3) is 4.19. The van der Waals surface area contributed by atoms with Crippen LogP contribution in [0, 0.1) is 0 Å². The van der Waals surface area contributed by atoms with Gasteiger partial charge in [0.05, 0.1) is 11.7 Å². The average molecular weight is 480 g/mol. The second-order valence-corrected chi connectivity index (χ2v) is 9.13. The molecule has 5 nitrogen and oxygen atoms in total. The lowest BCUT2D eigenvalue weighted by atomic mass is 10.0. The van der Waals surface area contributed by atoms with Crippen molar-refractivity contribution in [2.75, 3.05) is 4.90 Å². The largest absolute Gasteiger partial charge is 0.508 e. The van der Waals surface area contributed by atoms with Crippen LogP contribution < -0.4 is 10.2 Å². The molecule has 0 spiro atoms. The van der Waals surface area contributed by atoms with Crippen LogP contribution in [-0.2, 0) is 0 Å². The van der Waals surface area contributed by atoms with E-state index in [2.05, 4.69) is 10.3 Å². The summed E-state index contributed by atoms with van der Waals surface area (Å²) in [6.07, 6.45) is 1.77. The van der Waals surface area contributed by atoms with Gasteiger partial charge in [-0.15, -0.1) is 0 Å². The van der Waals surface area contributed by atoms with Crippen molar-refractivity contribution in [1.82, 2.24) is 10.3 Å². The molecule has 0 amide bonds. The zero-order valence-electron chi connectivity index (χ0n) is 16.7. The average Bonchev–Trinajstić information content (AvgIpc) is 3.40. The third-order valence-electron chi connectivity index (χ3n) is 5.15. The Balaban J connectivity index is 1.52. The van der Waals surface area contributed by atoms with Crippen LogP contribution in [0.5, 0.6) is 5.75 Å². The summed E-state index contributed by atoms with van der Waals surface area (Å²) in [5.74, 6) is 0.960. The van der Waals surface area contributed by atoms with Gasteiger partial charge in [-0.2, -0.15) is 0 Å². The maximum atomic E-state index is 9.73. The zero-order valence-corrected chi connectivity index (χ0v) is 19.1. The van der Waals surface area contributed by atoms with E-state index in [1.807, 2.05) is 71.6 Å². The molecule has 2 aromatic heterocycles. The van der Waals surface area contributed by atoms with Crippen LogP contribution in [0.3, 0.4) is 0 Å². The van der Waals surface area contributed by atoms with Crippen LogP contribution in [0.1, 0.15) is 23.5 Å². The van der Waals surface area contributed by atoms with Crippen LogP contribution >= 0.6 is 35.6 Å². The summed E-state index contributed by atoms with van der Waals surface area (Å²) in [6, 6.07) is 23.9. The summed E-state index contributed by atoms with van der Waals surface area (Å²) in [5, 5.41) is 15.2. The molecule has 32 heavy (non-hydrogen) atoms. The smallest absolute Gasteiger partial charge is 0.174 e. The highest BCUT2D eigenvalue weighted by atomic mass is 35.5. The number of furan rings is 1. The molecule has 2 aromatic carbocycles. The highest BCUT2D eigenvalue weighted by Crippen LogP contribution is 2.43. The molecule has 1 aliphatic rings. The fourth-order valence-electron chi connectivity index (χ4n) is 3.70. The number of halogens is 1. The summed E-state index contributed by atoms with van der Waals surface area (Å²) in [7, 11) is 0. The Morgan fingerprint density at radius 2 is 1.78 bits per heavy atom. The summed E-state index contributed by atoms with van der Waals surface area (Å²) < 4.78 is 6.29. The first-order valence-corrected chi connectivity index (χ1v) is 11.5. The SMILES string of the molecule is Oc1ccc(N2C(=S)N[C@H](c3ccccn3)[C@@H]2c2ccc(Sc3ccc(Cl)cc3)o2)cc1. The zero-order chi connectivity index (χ0) is 22.1. The number of thiocarbonyl (C=S) groups is 1. The molecule has 5 rings (SSSR count). The van der Waals surface area contributed by atoms with E-state index in [1.54, 1.807) is 18.3 Å². The molecule has 160 valence electrons. The number of phenols is 1. The third-order valence-corrected chi connectivity index (χ3v) is 6.65. The maximum Gasteiger partial charge on any atom is 0.174 e. The van der Waals surface area contributed by atoms with E-state index < -0.39 is 0 Å². The number of anilines is 1. The number of aromatic nitrogens is 1. The Morgan fingerprint density at radius 1 is 1.00 bits per heavy atom. The van der Waals surface area contributed by atoms with E-state index in [0.29, 0.717) is 10.1 Å². The van der Waals surface area contributed by atoms with Crippen LogP contribution in [-0.4, -0.2) is 15.2 Å². The normalized spacial score (nSPS) is 18.0. The minimum atomic E-state index is -0.249. The molecule has 4 aromatic rings. The van der Waals surface area contributed by atoms with Crippen molar-refractivity contribution in [3.63, 3.8) is 0 Å². The molecule has 0 radical (unpaired) electrons. The molecule has 0 saturated carbocycles. The molecule has 0 bridgehead atoms. The Kier molecular flexibility index (Phi) is 5.78. The van der Waals surface area contributed by atoms with Gasteiger partial charge in [-0.1, -0.05) is 29.4 Å². The fraction of sp³-hybridized carbons (Fsp3) is 0.0833. The van der Waals surface area contributed by atoms with Gasteiger partial charge in [0.1, 0.15) is 17.6 Å². The first-order chi connectivity index (χ1) is 15.6. The van der Waals surface area contributed by atoms with Gasteiger partial charge in [-0.05, 0) is 85.0 Å². The predicted molar refractivity (Wildman–Crippen MR) is 130 cm³/mol. The molecular formula is C24H18ClN3O2S2. The number of rotatable bonds is 5. The van der Waals surface area contributed by atoms with Crippen molar-refractivity contribution in [3.8, 4) is 5.75 Å². The van der Waals surface area contributed by atoms with E-state index in [1.165, 1.54) is 11.8 Å². The fourth-order valence-corrected chi connectivity index (χ4v) is 4.95. The standard InChI is InChI=1S/C24H18ClN3O2S2/c25-15-4-10-18(11-5-15)32-21-13-12-20(30-21)23-22(19-3-1-2-14-26-19)27-24(31)28(23)16-6-8-17(29)9-7-16/h1-14,22-23,29H,(H,27,31)/t22-,23+/m1/s1. The molecule has 0 unspecified atom stereocenters. The van der Waals surface area contributed by atoms with Crippen molar-refractivity contribution < 1.29 is 9.52 Å². The van der Waals surface area contributed by atoms with Gasteiger partial charge in [0.2, 0.25) is 0 Å². The monoisotopic (exact) mass is 479 g/mol. The summed E-state index contributed by atoms with van der Waals surface area (Å²) in [4.78, 5) is 7.59. The number of nitrogens with zero attached hydrogens (tertiary/aromatic N) is 2. The Morgan fingerprint density at radius 3 is 2.50 bits per heavy atom. The second kappa shape index (κ2) is 8.86. The summed E-state index contributed by atoms with van der Waals surface area (Å²) >= 11 is 13.2. The first-order valence-electron chi connectivity index (χ1n) is 9.91. The van der Waals surface area contributed by atoms with Gasteiger partial charge in [0, 0.05) is 21.8 Å². The van der Waals surface area contributed by atoms with Gasteiger partial charge in [-0.25, -0.2) is 0 Å². The lowest BCUT2D eigenvalue weighted by Gasteiger charge is -2.26. The molecule has 8 heteroatoms. The van der Waals surface area contributed by atoms with Crippen molar-refractivity contribution in [3.05, 3.63) is 102 Å². The predicted octanol–water partition coefficient (Wildman–Crippen LogP) is 6.36. The van der Waals surface area contributed by atoms with Crippen molar-refractivity contribution >= 4 is 46.4 Å². The minimum Gasteiger partial charge on any atom is -0.508 e. The van der Waals surface area contributed by atoms with Crippen molar-refractivity contribution in [1.29, 1.82) is 0 Å². The summed E-state index contributed by atoms with van der Waals surface area (Å²) in [5.41, 5.74) is 1.72. The van der Waals surface area contributed by atoms with Crippen molar-refractivity contribution in [2.24, 2.45) is 0 Å². The Hall–Kier alpha value is -3.00. The van der Waals surface area contributed by atoms with Crippen LogP contribution in [0.15, 0.2) is 99.5 Å². The molecule has 2 atom stereocenters. The van der Waals surface area contributed by atoms with E-state index in [0.717, 1.165) is 27.1 Å². The van der Waals surface area contributed by atoms with E-state index in [9.17, 15) is 5.11 Å². The number of hydrogen-bond acceptors (Lipinski definition) is 5. The number of nitrogens with one attached hydrogen (secondary N) is 1. The Labute approximate surface area is 200 Å². The molecule has 3 heterocycles. The first kappa shape index (κ1) is 20.9. The molecule has 1 fully saturated rings. The molecular weight excluding hydrogens is 462 g/mol. The molecule has 1 saturated heterocycles. The van der Waals surface area contributed by atoms with Crippen LogP contribution in [0.2, 0.25) is 5.02 Å². The van der Waals surface area contributed by atoms with Crippen LogP contribution in [0.4, 0.5) is 5.69 Å². The number of phenolic OH excluding ortho intramolecular Hbond substituents is 1. The van der Waals surface area contributed by atoms with Gasteiger partial charge in [-0.3, -0.25) is 4.98 Å². The molecule has 1 aliphatic heterocycles. The number of benzene rings is 2. The summed E-state index contributed by atoms with van der Waals surface area (Å²) in [6.45, 7) is 0. The van der Waals surface area contributed by atoms with Gasteiger partial charge >= 0.3 is 0 Å². The van der Waals surface area contributed by atoms with Gasteiger partial charge in [0.25, 0.3) is 0 Å². The number of aromatic hydroxyl groups is 1. The Bertz CT molecular complexity index is 1230. The number of pyridine rings is 1. The minimum absolute atomic E-state index is 0.197. The van der Waals surface area contributed by atoms with Gasteiger partial charge in [0.15, 0.2) is 10.2 Å². The van der Waals surface area contributed by atoms with Crippen molar-refractivity contribution in [2.45, 2.75) is 22.1 Å². The van der Waals surface area contributed by atoms with Gasteiger partial charge < -0.3 is 19.7 Å². The number of hydrogen-bond donors (Lipinski definition) is 2. The lowest BCUT2D eigenvalue weighted by Crippen LogP contribution is -2.29. The second-order valence-electron chi connectivity index (χ2n) is 7.23. The maximum absolute atomic E-state index is 9.73. The van der Waals surface area contributed by atoms with E-state index in [4.69, 9.17) is 28.2 Å². The highest BCUT2D eigenvalue weighted by Gasteiger charge is 2.42. The molecule has 2 N–H and O–H groups in total. The quantitative estimate of drug-likeness (QED) is 0.323. The topological polar surface area (TPSA) is 61.5 Å². The van der Waals surface area contributed by atoms with E-state index in [-0.39, 0.29) is 17.8 Å². The van der Waals surface area contributed by atoms with E-state index >= 15 is 0 Å². The molecule has 0 aliphatic carbocycles. The highest BCUT2D eigenvalue weighted by molar-refractivity contribution is 7.99.